The number of halogens is 3. The fourth-order valence-corrected chi connectivity index (χ4v) is 6.64. The van der Waals surface area contributed by atoms with Crippen LogP contribution in [0, 0.1) is 17.8 Å². The molecule has 2 aromatic heterocycles. The van der Waals surface area contributed by atoms with Gasteiger partial charge < -0.3 is 14.6 Å². The number of fused-ring (bicyclic) bond motifs is 1. The summed E-state index contributed by atoms with van der Waals surface area (Å²) in [6.45, 7) is 8.67. The second-order valence-electron chi connectivity index (χ2n) is 11.8. The Bertz CT molecular complexity index is 1540. The number of aromatic amines is 1. The molecule has 12 heteroatoms. The molecule has 1 N–H and O–H groups in total. The van der Waals surface area contributed by atoms with E-state index in [4.69, 9.17) is 39.5 Å². The molecule has 1 saturated heterocycles. The Morgan fingerprint density at radius 1 is 1.07 bits per heavy atom. The second-order valence-corrected chi connectivity index (χ2v) is 13.0. The number of esters is 1. The summed E-state index contributed by atoms with van der Waals surface area (Å²) >= 11 is 18.6. The van der Waals surface area contributed by atoms with Crippen molar-refractivity contribution in [3.05, 3.63) is 61.6 Å². The number of hydrogen-bond acceptors (Lipinski definition) is 6. The van der Waals surface area contributed by atoms with Crippen molar-refractivity contribution in [3.63, 3.8) is 0 Å². The summed E-state index contributed by atoms with van der Waals surface area (Å²) in [7, 11) is 0. The third-order valence-electron chi connectivity index (χ3n) is 8.13. The molecular weight excluding hydrogens is 589 g/mol. The average molecular weight is 621 g/mol. The lowest BCUT2D eigenvalue weighted by molar-refractivity contribution is -0.158. The van der Waals surface area contributed by atoms with Gasteiger partial charge in [0.2, 0.25) is 0 Å². The van der Waals surface area contributed by atoms with Gasteiger partial charge in [0.05, 0.1) is 44.7 Å². The SMILES string of the molecule is CCOC(=O)C1(Cc2cn(-c3cc(Cl)c(Cl)cc3Cl)nn2)CCN(C(=O)c2[nH]c3c(c2C)C(=O)CC(C)(C)C3)CC1. The van der Waals surface area contributed by atoms with E-state index in [1.807, 2.05) is 6.92 Å². The van der Waals surface area contributed by atoms with E-state index in [1.165, 1.54) is 10.7 Å². The van der Waals surface area contributed by atoms with Crippen molar-refractivity contribution in [2.24, 2.45) is 10.8 Å². The molecule has 0 saturated carbocycles. The minimum atomic E-state index is -0.876. The standard InChI is InChI=1S/C29H32Cl3N5O4/c1-5-41-27(40)29(12-17-15-37(35-34-17)22-11-19(31)18(30)10-20(22)32)6-8-36(9-7-29)26(39)25-16(2)24-21(33-25)13-28(3,4)14-23(24)38/h10-11,15,33H,5-9,12-14H2,1-4H3. The van der Waals surface area contributed by atoms with Crippen LogP contribution in [0.25, 0.3) is 5.69 Å². The maximum Gasteiger partial charge on any atom is 0.312 e. The monoisotopic (exact) mass is 619 g/mol. The maximum atomic E-state index is 13.6. The summed E-state index contributed by atoms with van der Waals surface area (Å²) in [5, 5.41) is 9.49. The first kappa shape index (κ1) is 29.6. The van der Waals surface area contributed by atoms with Crippen molar-refractivity contribution in [3.8, 4) is 5.69 Å². The van der Waals surface area contributed by atoms with E-state index in [0.717, 1.165) is 5.69 Å². The van der Waals surface area contributed by atoms with E-state index in [9.17, 15) is 14.4 Å². The number of rotatable bonds is 6. The molecule has 41 heavy (non-hydrogen) atoms. The molecule has 0 radical (unpaired) electrons. The first-order chi connectivity index (χ1) is 19.3. The van der Waals surface area contributed by atoms with Crippen molar-refractivity contribution < 1.29 is 19.1 Å². The highest BCUT2D eigenvalue weighted by atomic mass is 35.5. The van der Waals surface area contributed by atoms with E-state index < -0.39 is 5.41 Å². The number of amides is 1. The van der Waals surface area contributed by atoms with Gasteiger partial charge in [-0.15, -0.1) is 5.10 Å². The lowest BCUT2D eigenvalue weighted by Gasteiger charge is -2.39. The first-order valence-electron chi connectivity index (χ1n) is 13.6. The number of hydrogen-bond donors (Lipinski definition) is 1. The Morgan fingerprint density at radius 2 is 1.76 bits per heavy atom. The first-order valence-corrected chi connectivity index (χ1v) is 14.7. The summed E-state index contributed by atoms with van der Waals surface area (Å²) in [5.41, 5.74) is 2.69. The van der Waals surface area contributed by atoms with Crippen molar-refractivity contribution in [1.29, 1.82) is 0 Å². The lowest BCUT2D eigenvalue weighted by Crippen LogP contribution is -2.48. The number of carbonyl (C=O) groups excluding carboxylic acids is 3. The second kappa shape index (κ2) is 11.1. The van der Waals surface area contributed by atoms with Crippen molar-refractivity contribution in [2.75, 3.05) is 19.7 Å². The highest BCUT2D eigenvalue weighted by molar-refractivity contribution is 6.43. The van der Waals surface area contributed by atoms with Gasteiger partial charge in [-0.25, -0.2) is 4.68 Å². The Kier molecular flexibility index (Phi) is 8.00. The van der Waals surface area contributed by atoms with Crippen LogP contribution in [0.3, 0.4) is 0 Å². The number of piperidine rings is 1. The Hall–Kier alpha value is -2.88. The highest BCUT2D eigenvalue weighted by Crippen LogP contribution is 2.39. The summed E-state index contributed by atoms with van der Waals surface area (Å²) in [4.78, 5) is 44.8. The number of H-pyrrole nitrogens is 1. The van der Waals surface area contributed by atoms with Crippen LogP contribution >= 0.6 is 34.8 Å². The molecule has 0 bridgehead atoms. The zero-order valence-electron chi connectivity index (χ0n) is 23.4. The van der Waals surface area contributed by atoms with Crippen LogP contribution in [-0.4, -0.2) is 62.2 Å². The number of Topliss-reactive ketones (excluding diaryl/α,β-unsaturated/α-hetero) is 1. The molecule has 1 aliphatic heterocycles. The summed E-state index contributed by atoms with van der Waals surface area (Å²) in [6, 6.07) is 3.14. The maximum absolute atomic E-state index is 13.6. The zero-order valence-corrected chi connectivity index (χ0v) is 25.7. The topological polar surface area (TPSA) is 110 Å². The van der Waals surface area contributed by atoms with E-state index in [1.54, 1.807) is 24.1 Å². The van der Waals surface area contributed by atoms with E-state index in [-0.39, 0.29) is 36.1 Å². The average Bonchev–Trinajstić information content (AvgIpc) is 3.49. The zero-order chi connectivity index (χ0) is 29.7. The van der Waals surface area contributed by atoms with Gasteiger partial charge in [0.25, 0.3) is 5.91 Å². The van der Waals surface area contributed by atoms with Crippen molar-refractivity contribution in [2.45, 2.75) is 59.8 Å². The number of benzene rings is 1. The van der Waals surface area contributed by atoms with Crippen LogP contribution in [0.2, 0.25) is 15.1 Å². The normalized spacial score (nSPS) is 17.8. The van der Waals surface area contributed by atoms with E-state index in [2.05, 4.69) is 29.1 Å². The van der Waals surface area contributed by atoms with Crippen LogP contribution in [0.1, 0.15) is 77.8 Å². The van der Waals surface area contributed by atoms with Gasteiger partial charge in [-0.2, -0.15) is 0 Å². The van der Waals surface area contributed by atoms with E-state index >= 15 is 0 Å². The van der Waals surface area contributed by atoms with Crippen LogP contribution < -0.4 is 0 Å². The molecule has 1 aliphatic carbocycles. The smallest absolute Gasteiger partial charge is 0.312 e. The third kappa shape index (κ3) is 5.64. The van der Waals surface area contributed by atoms with Gasteiger partial charge >= 0.3 is 5.97 Å². The van der Waals surface area contributed by atoms with Crippen LogP contribution in [0.5, 0.6) is 0 Å². The summed E-state index contributed by atoms with van der Waals surface area (Å²) < 4.78 is 6.98. The molecule has 5 rings (SSSR count). The third-order valence-corrected chi connectivity index (χ3v) is 9.15. The molecule has 1 fully saturated rings. The summed E-state index contributed by atoms with van der Waals surface area (Å²) in [5.74, 6) is -0.423. The molecule has 0 atom stereocenters. The largest absolute Gasteiger partial charge is 0.466 e. The van der Waals surface area contributed by atoms with Crippen LogP contribution in [0.15, 0.2) is 18.3 Å². The number of ether oxygens (including phenoxy) is 1. The quantitative estimate of drug-likeness (QED) is 0.266. The van der Waals surface area contributed by atoms with Gasteiger partial charge in [-0.3, -0.25) is 14.4 Å². The van der Waals surface area contributed by atoms with E-state index in [0.29, 0.717) is 82.0 Å². The van der Waals surface area contributed by atoms with Crippen LogP contribution in [-0.2, 0) is 22.4 Å². The predicted octanol–water partition coefficient (Wildman–Crippen LogP) is 6.05. The molecule has 3 aromatic rings. The fraction of sp³-hybridized carbons (Fsp3) is 0.483. The Morgan fingerprint density at radius 3 is 2.44 bits per heavy atom. The molecule has 0 unspecified atom stereocenters. The number of aromatic nitrogens is 4. The molecule has 2 aliphatic rings. The van der Waals surface area contributed by atoms with Gasteiger partial charge in [-0.05, 0) is 56.2 Å². The van der Waals surface area contributed by atoms with Gasteiger partial charge in [0.1, 0.15) is 5.69 Å². The summed E-state index contributed by atoms with van der Waals surface area (Å²) in [6.07, 6.45) is 3.94. The lowest BCUT2D eigenvalue weighted by atomic mass is 9.74. The molecule has 0 spiro atoms. The minimum absolute atomic E-state index is 0.0687. The number of likely N-dealkylation sites (tertiary alicyclic amines) is 1. The highest BCUT2D eigenvalue weighted by Gasteiger charge is 2.45. The van der Waals surface area contributed by atoms with Crippen molar-refractivity contribution >= 4 is 52.5 Å². The molecule has 1 aromatic carbocycles. The Balaban J connectivity index is 1.35. The number of nitrogens with zero attached hydrogens (tertiary/aromatic N) is 4. The number of nitrogens with one attached hydrogen (secondary N) is 1. The molecule has 1 amide bonds. The van der Waals surface area contributed by atoms with Gasteiger partial charge in [0, 0.05) is 37.2 Å². The molecule has 9 nitrogen and oxygen atoms in total. The molecular formula is C29H32Cl3N5O4. The molecule has 3 heterocycles. The minimum Gasteiger partial charge on any atom is -0.466 e. The number of carbonyl (C=O) groups is 3. The van der Waals surface area contributed by atoms with Gasteiger partial charge in [0.15, 0.2) is 5.78 Å². The number of ketones is 1. The fourth-order valence-electron chi connectivity index (χ4n) is 6.01. The molecule has 218 valence electrons. The Labute approximate surface area is 253 Å². The van der Waals surface area contributed by atoms with Crippen LogP contribution in [0.4, 0.5) is 0 Å². The van der Waals surface area contributed by atoms with Gasteiger partial charge in [-0.1, -0.05) is 53.9 Å². The predicted molar refractivity (Wildman–Crippen MR) is 156 cm³/mol. The van der Waals surface area contributed by atoms with Crippen molar-refractivity contribution in [1.82, 2.24) is 24.9 Å².